The third-order valence-electron chi connectivity index (χ3n) is 3.66. The van der Waals surface area contributed by atoms with Gasteiger partial charge in [-0.05, 0) is 51.8 Å². The molecule has 1 aromatic rings. The van der Waals surface area contributed by atoms with Gasteiger partial charge in [-0.3, -0.25) is 4.79 Å². The summed E-state index contributed by atoms with van der Waals surface area (Å²) in [6.07, 6.45) is 0.968. The van der Waals surface area contributed by atoms with Gasteiger partial charge < -0.3 is 15.0 Å². The predicted octanol–water partition coefficient (Wildman–Crippen LogP) is 4.23. The lowest BCUT2D eigenvalue weighted by molar-refractivity contribution is 0.0473. The van der Waals surface area contributed by atoms with Crippen LogP contribution in [0.1, 0.15) is 44.0 Å². The van der Waals surface area contributed by atoms with E-state index < -0.39 is 11.7 Å². The smallest absolute Gasteiger partial charge is 0.407 e. The van der Waals surface area contributed by atoms with Crippen molar-refractivity contribution in [3.63, 3.8) is 0 Å². The number of halogens is 2. The van der Waals surface area contributed by atoms with Gasteiger partial charge in [0.2, 0.25) is 0 Å². The molecule has 0 spiro atoms. The maximum atomic E-state index is 12.6. The SMILES string of the molecule is CC(C)(C)OC(=O)NC1CCN(C(=O)c2cc(Br)ccc2Cl)CC1. The molecule has 24 heavy (non-hydrogen) atoms. The van der Waals surface area contributed by atoms with Gasteiger partial charge >= 0.3 is 6.09 Å². The molecule has 1 aliphatic heterocycles. The summed E-state index contributed by atoms with van der Waals surface area (Å²) in [5.74, 6) is -0.0861. The molecule has 1 saturated heterocycles. The van der Waals surface area contributed by atoms with Crippen molar-refractivity contribution in [1.82, 2.24) is 10.2 Å². The zero-order chi connectivity index (χ0) is 17.9. The van der Waals surface area contributed by atoms with Crippen molar-refractivity contribution in [2.75, 3.05) is 13.1 Å². The first-order chi connectivity index (χ1) is 11.2. The summed E-state index contributed by atoms with van der Waals surface area (Å²) in [6, 6.07) is 5.25. The molecule has 1 N–H and O–H groups in total. The molecular formula is C17H22BrClN2O3. The van der Waals surface area contributed by atoms with Crippen LogP contribution in [0.4, 0.5) is 4.79 Å². The van der Waals surface area contributed by atoms with E-state index in [1.54, 1.807) is 23.1 Å². The topological polar surface area (TPSA) is 58.6 Å². The van der Waals surface area contributed by atoms with Crippen LogP contribution in [0, 0.1) is 0 Å². The highest BCUT2D eigenvalue weighted by Gasteiger charge is 2.27. The minimum Gasteiger partial charge on any atom is -0.444 e. The minimum absolute atomic E-state index is 0.0156. The number of amides is 2. The molecule has 1 aromatic carbocycles. The number of likely N-dealkylation sites (tertiary alicyclic amines) is 1. The molecule has 0 saturated carbocycles. The van der Waals surface area contributed by atoms with Crippen molar-refractivity contribution in [2.45, 2.75) is 45.3 Å². The molecule has 0 unspecified atom stereocenters. The van der Waals surface area contributed by atoms with Crippen LogP contribution in [0.3, 0.4) is 0 Å². The first-order valence-corrected chi connectivity index (χ1v) is 9.06. The van der Waals surface area contributed by atoms with E-state index in [-0.39, 0.29) is 11.9 Å². The number of alkyl carbamates (subject to hydrolysis) is 1. The van der Waals surface area contributed by atoms with Gasteiger partial charge in [0, 0.05) is 23.6 Å². The van der Waals surface area contributed by atoms with Crippen molar-refractivity contribution >= 4 is 39.5 Å². The van der Waals surface area contributed by atoms with Gasteiger partial charge in [-0.15, -0.1) is 0 Å². The Bertz CT molecular complexity index is 623. The number of carbonyl (C=O) groups excluding carboxylic acids is 2. The summed E-state index contributed by atoms with van der Waals surface area (Å²) >= 11 is 9.49. The number of hydrogen-bond donors (Lipinski definition) is 1. The normalized spacial score (nSPS) is 16.0. The molecule has 2 amide bonds. The van der Waals surface area contributed by atoms with Crippen molar-refractivity contribution in [3.8, 4) is 0 Å². The highest BCUT2D eigenvalue weighted by molar-refractivity contribution is 9.10. The number of nitrogens with zero attached hydrogens (tertiary/aromatic N) is 1. The van der Waals surface area contributed by atoms with E-state index in [1.165, 1.54) is 0 Å². The van der Waals surface area contributed by atoms with E-state index in [0.29, 0.717) is 36.5 Å². The van der Waals surface area contributed by atoms with Crippen LogP contribution in [-0.4, -0.2) is 41.6 Å². The molecule has 0 aromatic heterocycles. The maximum Gasteiger partial charge on any atom is 0.407 e. The van der Waals surface area contributed by atoms with Crippen LogP contribution in [0.15, 0.2) is 22.7 Å². The lowest BCUT2D eigenvalue weighted by atomic mass is 10.0. The number of piperidine rings is 1. The summed E-state index contributed by atoms with van der Waals surface area (Å²) in [5.41, 5.74) is -0.0253. The average Bonchev–Trinajstić information content (AvgIpc) is 2.48. The Kier molecular flexibility index (Phi) is 6.15. The Morgan fingerprint density at radius 2 is 1.92 bits per heavy atom. The molecule has 0 aliphatic carbocycles. The molecule has 0 atom stereocenters. The Balaban J connectivity index is 1.89. The van der Waals surface area contributed by atoms with Crippen molar-refractivity contribution in [2.24, 2.45) is 0 Å². The summed E-state index contributed by atoms with van der Waals surface area (Å²) in [7, 11) is 0. The number of ether oxygens (including phenoxy) is 1. The predicted molar refractivity (Wildman–Crippen MR) is 97.4 cm³/mol. The van der Waals surface area contributed by atoms with Gasteiger partial charge in [0.25, 0.3) is 5.91 Å². The number of hydrogen-bond acceptors (Lipinski definition) is 3. The highest BCUT2D eigenvalue weighted by atomic mass is 79.9. The number of carbonyl (C=O) groups is 2. The fourth-order valence-electron chi connectivity index (χ4n) is 2.53. The molecule has 0 radical (unpaired) electrons. The lowest BCUT2D eigenvalue weighted by Gasteiger charge is -2.33. The minimum atomic E-state index is -0.516. The first kappa shape index (κ1) is 19.1. The van der Waals surface area contributed by atoms with E-state index in [4.69, 9.17) is 16.3 Å². The molecular weight excluding hydrogens is 396 g/mol. The molecule has 0 bridgehead atoms. The monoisotopic (exact) mass is 416 g/mol. The maximum absolute atomic E-state index is 12.6. The molecule has 1 heterocycles. The fourth-order valence-corrected chi connectivity index (χ4v) is 3.09. The summed E-state index contributed by atoms with van der Waals surface area (Å²) in [6.45, 7) is 6.63. The Morgan fingerprint density at radius 3 is 2.50 bits per heavy atom. The van der Waals surface area contributed by atoms with E-state index in [1.807, 2.05) is 20.8 Å². The quantitative estimate of drug-likeness (QED) is 0.783. The third-order valence-corrected chi connectivity index (χ3v) is 4.48. The number of rotatable bonds is 2. The molecule has 2 rings (SSSR count). The van der Waals surface area contributed by atoms with Gasteiger partial charge in [0.15, 0.2) is 0 Å². The van der Waals surface area contributed by atoms with E-state index in [2.05, 4.69) is 21.2 Å². The lowest BCUT2D eigenvalue weighted by Crippen LogP contribution is -2.47. The van der Waals surface area contributed by atoms with Crippen LogP contribution in [0.5, 0.6) is 0 Å². The van der Waals surface area contributed by atoms with E-state index in [0.717, 1.165) is 4.47 Å². The van der Waals surface area contributed by atoms with Crippen LogP contribution < -0.4 is 5.32 Å². The fraction of sp³-hybridized carbons (Fsp3) is 0.529. The van der Waals surface area contributed by atoms with Gasteiger partial charge in [-0.1, -0.05) is 27.5 Å². The Hall–Kier alpha value is -1.27. The van der Waals surface area contributed by atoms with Crippen LogP contribution in [0.25, 0.3) is 0 Å². The second kappa shape index (κ2) is 7.74. The van der Waals surface area contributed by atoms with Crippen molar-refractivity contribution in [1.29, 1.82) is 0 Å². The number of nitrogens with one attached hydrogen (secondary N) is 1. The summed E-state index contributed by atoms with van der Waals surface area (Å²) in [4.78, 5) is 26.2. The highest BCUT2D eigenvalue weighted by Crippen LogP contribution is 2.24. The largest absolute Gasteiger partial charge is 0.444 e. The van der Waals surface area contributed by atoms with Gasteiger partial charge in [-0.2, -0.15) is 0 Å². The van der Waals surface area contributed by atoms with Gasteiger partial charge in [0.05, 0.1) is 10.6 Å². The zero-order valence-electron chi connectivity index (χ0n) is 14.1. The average molecular weight is 418 g/mol. The standard InChI is InChI=1S/C17H22BrClN2O3/c1-17(2,3)24-16(23)20-12-6-8-21(9-7-12)15(22)13-10-11(18)4-5-14(13)19/h4-5,10,12H,6-9H2,1-3H3,(H,20,23). The first-order valence-electron chi connectivity index (χ1n) is 7.89. The van der Waals surface area contributed by atoms with Crippen molar-refractivity contribution < 1.29 is 14.3 Å². The molecule has 7 heteroatoms. The van der Waals surface area contributed by atoms with Gasteiger partial charge in [0.1, 0.15) is 5.60 Å². The van der Waals surface area contributed by atoms with Crippen molar-refractivity contribution in [3.05, 3.63) is 33.3 Å². The second-order valence-electron chi connectivity index (χ2n) is 6.84. The Labute approximate surface area is 155 Å². The number of benzene rings is 1. The molecule has 132 valence electrons. The molecule has 5 nitrogen and oxygen atoms in total. The molecule has 1 fully saturated rings. The summed E-state index contributed by atoms with van der Waals surface area (Å²) in [5, 5.41) is 3.30. The third kappa shape index (κ3) is 5.38. The van der Waals surface area contributed by atoms with E-state index in [9.17, 15) is 9.59 Å². The van der Waals surface area contributed by atoms with Gasteiger partial charge in [-0.25, -0.2) is 4.79 Å². The van der Waals surface area contributed by atoms with Crippen LogP contribution in [0.2, 0.25) is 5.02 Å². The zero-order valence-corrected chi connectivity index (χ0v) is 16.4. The second-order valence-corrected chi connectivity index (χ2v) is 8.16. The Morgan fingerprint density at radius 1 is 1.29 bits per heavy atom. The van der Waals surface area contributed by atoms with E-state index >= 15 is 0 Å². The summed E-state index contributed by atoms with van der Waals surface area (Å²) < 4.78 is 6.08. The molecule has 1 aliphatic rings. The van der Waals surface area contributed by atoms with Crippen LogP contribution in [-0.2, 0) is 4.74 Å². The van der Waals surface area contributed by atoms with Crippen LogP contribution >= 0.6 is 27.5 Å².